The third-order valence-corrected chi connectivity index (χ3v) is 9.48. The van der Waals surface area contributed by atoms with Gasteiger partial charge in [-0.25, -0.2) is 4.98 Å². The molecule has 0 bridgehead atoms. The first-order chi connectivity index (χ1) is 22.8. The number of benzene rings is 7. The fourth-order valence-electron chi connectivity index (χ4n) is 7.49. The van der Waals surface area contributed by atoms with Crippen molar-refractivity contribution in [1.82, 2.24) is 14.0 Å². The third kappa shape index (κ3) is 3.57. The first-order valence-electron chi connectivity index (χ1n) is 15.7. The first kappa shape index (κ1) is 25.2. The molecule has 0 saturated heterocycles. The topological polar surface area (TPSA) is 22.2 Å². The molecule has 0 radical (unpaired) electrons. The lowest BCUT2D eigenvalue weighted by molar-refractivity contribution is 1.10. The van der Waals surface area contributed by atoms with Crippen molar-refractivity contribution in [3.8, 4) is 27.9 Å². The average molecular weight is 586 g/mol. The standard InChI is InChI=1S/C43H27N3/c1-2-14-32(15-3-1)46-38-21-11-10-20-37(38)42-43(46)45-27-31(24-25-39(45)44-42)41-35-18-8-6-16-33(35)40(34-17-7-9-19-36(34)41)30-23-22-28-12-4-5-13-29(28)26-30/h1-27H. The minimum atomic E-state index is 0.936. The Hall–Kier alpha value is -6.19. The minimum Gasteiger partial charge on any atom is -0.294 e. The summed E-state index contributed by atoms with van der Waals surface area (Å²) in [6, 6.07) is 56.8. The van der Waals surface area contributed by atoms with E-state index in [4.69, 9.17) is 4.98 Å². The van der Waals surface area contributed by atoms with Gasteiger partial charge in [-0.2, -0.15) is 0 Å². The van der Waals surface area contributed by atoms with Gasteiger partial charge in [-0.15, -0.1) is 0 Å². The van der Waals surface area contributed by atoms with Gasteiger partial charge in [0.25, 0.3) is 0 Å². The molecule has 0 aliphatic carbocycles. The van der Waals surface area contributed by atoms with Crippen LogP contribution in [0.1, 0.15) is 0 Å². The summed E-state index contributed by atoms with van der Waals surface area (Å²) >= 11 is 0. The van der Waals surface area contributed by atoms with Crippen molar-refractivity contribution >= 4 is 60.0 Å². The molecule has 0 amide bonds. The van der Waals surface area contributed by atoms with Crippen LogP contribution in [0.5, 0.6) is 0 Å². The van der Waals surface area contributed by atoms with E-state index in [1.807, 2.05) is 0 Å². The van der Waals surface area contributed by atoms with E-state index in [2.05, 4.69) is 173 Å². The molecule has 0 aliphatic heterocycles. The van der Waals surface area contributed by atoms with Crippen LogP contribution in [-0.2, 0) is 0 Å². The Kier molecular flexibility index (Phi) is 5.28. The highest BCUT2D eigenvalue weighted by molar-refractivity contribution is 6.21. The summed E-state index contributed by atoms with van der Waals surface area (Å²) in [4.78, 5) is 5.17. The Morgan fingerprint density at radius 2 is 1.00 bits per heavy atom. The van der Waals surface area contributed by atoms with Crippen LogP contribution in [0.25, 0.3) is 88.0 Å². The highest BCUT2D eigenvalue weighted by Gasteiger charge is 2.20. The van der Waals surface area contributed by atoms with Gasteiger partial charge in [0, 0.05) is 17.3 Å². The second-order valence-electron chi connectivity index (χ2n) is 12.0. The molecular weight excluding hydrogens is 558 g/mol. The van der Waals surface area contributed by atoms with Crippen molar-refractivity contribution in [2.75, 3.05) is 0 Å². The van der Waals surface area contributed by atoms with E-state index >= 15 is 0 Å². The summed E-state index contributed by atoms with van der Waals surface area (Å²) in [5.41, 5.74) is 10.2. The number of hydrogen-bond acceptors (Lipinski definition) is 1. The van der Waals surface area contributed by atoms with Crippen LogP contribution < -0.4 is 0 Å². The van der Waals surface area contributed by atoms with Gasteiger partial charge < -0.3 is 0 Å². The molecular formula is C43H27N3. The highest BCUT2D eigenvalue weighted by atomic mass is 15.1. The number of rotatable bonds is 3. The van der Waals surface area contributed by atoms with Gasteiger partial charge in [0.1, 0.15) is 11.2 Å². The lowest BCUT2D eigenvalue weighted by Gasteiger charge is -2.18. The van der Waals surface area contributed by atoms with Crippen LogP contribution in [-0.4, -0.2) is 14.0 Å². The van der Waals surface area contributed by atoms with E-state index in [-0.39, 0.29) is 0 Å². The molecule has 3 aromatic heterocycles. The van der Waals surface area contributed by atoms with Crippen molar-refractivity contribution in [1.29, 1.82) is 0 Å². The van der Waals surface area contributed by atoms with Crippen molar-refractivity contribution < 1.29 is 0 Å². The summed E-state index contributed by atoms with van der Waals surface area (Å²) in [6.45, 7) is 0. The van der Waals surface area contributed by atoms with Crippen molar-refractivity contribution in [2.45, 2.75) is 0 Å². The predicted molar refractivity (Wildman–Crippen MR) is 193 cm³/mol. The summed E-state index contributed by atoms with van der Waals surface area (Å²) < 4.78 is 4.62. The molecule has 214 valence electrons. The number of para-hydroxylation sites is 2. The molecule has 3 heteroatoms. The molecule has 0 spiro atoms. The molecule has 0 fully saturated rings. The smallest absolute Gasteiger partial charge is 0.150 e. The molecule has 7 aromatic carbocycles. The Morgan fingerprint density at radius 3 is 1.72 bits per heavy atom. The second kappa shape index (κ2) is 9.65. The number of pyridine rings is 1. The lowest BCUT2D eigenvalue weighted by atomic mass is 9.86. The summed E-state index contributed by atoms with van der Waals surface area (Å²) in [7, 11) is 0. The fraction of sp³-hybridized carbons (Fsp3) is 0. The molecule has 46 heavy (non-hydrogen) atoms. The normalized spacial score (nSPS) is 11.9. The van der Waals surface area contributed by atoms with E-state index in [1.165, 1.54) is 49.0 Å². The summed E-state index contributed by atoms with van der Waals surface area (Å²) in [6.07, 6.45) is 2.28. The zero-order chi connectivity index (χ0) is 30.2. The molecule has 0 aliphatic rings. The second-order valence-corrected chi connectivity index (χ2v) is 12.0. The molecule has 10 rings (SSSR count). The van der Waals surface area contributed by atoms with E-state index in [0.29, 0.717) is 0 Å². The SMILES string of the molecule is c1ccc(-n2c3ccccc3c3nc4ccc(-c5c6ccccc6c(-c6ccc7ccccc7c6)c6ccccc56)cn4c32)cc1. The van der Waals surface area contributed by atoms with E-state index < -0.39 is 0 Å². The monoisotopic (exact) mass is 585 g/mol. The Bertz CT molecular complexity index is 2740. The molecule has 0 atom stereocenters. The number of hydrogen-bond donors (Lipinski definition) is 0. The van der Waals surface area contributed by atoms with Gasteiger partial charge in [0.15, 0.2) is 5.65 Å². The lowest BCUT2D eigenvalue weighted by Crippen LogP contribution is -1.98. The van der Waals surface area contributed by atoms with Gasteiger partial charge in [-0.1, -0.05) is 121 Å². The minimum absolute atomic E-state index is 0.936. The van der Waals surface area contributed by atoms with Crippen LogP contribution in [0.4, 0.5) is 0 Å². The average Bonchev–Trinajstić information content (AvgIpc) is 3.65. The molecule has 10 aromatic rings. The maximum Gasteiger partial charge on any atom is 0.150 e. The van der Waals surface area contributed by atoms with Crippen molar-refractivity contribution in [3.05, 3.63) is 164 Å². The van der Waals surface area contributed by atoms with E-state index in [1.54, 1.807) is 0 Å². The zero-order valence-corrected chi connectivity index (χ0v) is 24.9. The first-order valence-corrected chi connectivity index (χ1v) is 15.7. The predicted octanol–water partition coefficient (Wildman–Crippen LogP) is 11.2. The van der Waals surface area contributed by atoms with Crippen LogP contribution in [0.15, 0.2) is 164 Å². The number of nitrogens with zero attached hydrogens (tertiary/aromatic N) is 3. The van der Waals surface area contributed by atoms with Crippen molar-refractivity contribution in [2.24, 2.45) is 0 Å². The molecule has 0 saturated carbocycles. The van der Waals surface area contributed by atoms with Crippen LogP contribution in [0, 0.1) is 0 Å². The van der Waals surface area contributed by atoms with E-state index in [0.717, 1.165) is 39.0 Å². The maximum atomic E-state index is 5.17. The largest absolute Gasteiger partial charge is 0.294 e. The van der Waals surface area contributed by atoms with Gasteiger partial charge in [0.2, 0.25) is 0 Å². The van der Waals surface area contributed by atoms with Gasteiger partial charge in [-0.05, 0) is 91.0 Å². The molecule has 3 nitrogen and oxygen atoms in total. The Labute approximate surface area is 265 Å². The fourth-order valence-corrected chi connectivity index (χ4v) is 7.49. The van der Waals surface area contributed by atoms with E-state index in [9.17, 15) is 0 Å². The Balaban J connectivity index is 1.30. The zero-order valence-electron chi connectivity index (χ0n) is 24.9. The highest BCUT2D eigenvalue weighted by Crippen LogP contribution is 2.44. The van der Waals surface area contributed by atoms with Crippen LogP contribution in [0.2, 0.25) is 0 Å². The number of imidazole rings is 1. The quantitative estimate of drug-likeness (QED) is 0.189. The number of fused-ring (bicyclic) bond motifs is 8. The molecule has 0 unspecified atom stereocenters. The maximum absolute atomic E-state index is 5.17. The van der Waals surface area contributed by atoms with Gasteiger partial charge in [0.05, 0.1) is 5.52 Å². The van der Waals surface area contributed by atoms with Crippen LogP contribution >= 0.6 is 0 Å². The summed E-state index contributed by atoms with van der Waals surface area (Å²) in [5, 5.41) is 8.64. The third-order valence-electron chi connectivity index (χ3n) is 9.48. The van der Waals surface area contributed by atoms with Gasteiger partial charge in [-0.3, -0.25) is 8.97 Å². The Morgan fingerprint density at radius 1 is 0.435 bits per heavy atom. The molecule has 3 heterocycles. The summed E-state index contributed by atoms with van der Waals surface area (Å²) in [5.74, 6) is 0. The number of aromatic nitrogens is 3. The van der Waals surface area contributed by atoms with Crippen LogP contribution in [0.3, 0.4) is 0 Å². The van der Waals surface area contributed by atoms with Crippen molar-refractivity contribution in [3.63, 3.8) is 0 Å². The molecule has 0 N–H and O–H groups in total. The van der Waals surface area contributed by atoms with Gasteiger partial charge >= 0.3 is 0 Å².